The number of hydrogen-bond donors (Lipinski definition) is 1. The second-order valence-corrected chi connectivity index (χ2v) is 11.0. The second kappa shape index (κ2) is 11.3. The van der Waals surface area contributed by atoms with Gasteiger partial charge in [-0.1, -0.05) is 29.8 Å². The van der Waals surface area contributed by atoms with Crippen LogP contribution in [-0.2, 0) is 23.0 Å². The Balaban J connectivity index is 1.68. The van der Waals surface area contributed by atoms with Gasteiger partial charge < -0.3 is 5.32 Å². The molecule has 0 amide bonds. The Morgan fingerprint density at radius 1 is 1.12 bits per heavy atom. The average Bonchev–Trinajstić information content (AvgIpc) is 2.80. The van der Waals surface area contributed by atoms with Crippen LogP contribution in [-0.4, -0.2) is 32.9 Å². The lowest BCUT2D eigenvalue weighted by Crippen LogP contribution is -2.39. The predicted molar refractivity (Wildman–Crippen MR) is 129 cm³/mol. The maximum Gasteiger partial charge on any atom is 0.243 e. The van der Waals surface area contributed by atoms with E-state index in [0.717, 1.165) is 45.1 Å². The Morgan fingerprint density at radius 3 is 2.44 bits per heavy atom. The molecule has 0 unspecified atom stereocenters. The zero-order chi connectivity index (χ0) is 23.1. The fourth-order valence-electron chi connectivity index (χ4n) is 4.65. The van der Waals surface area contributed by atoms with Crippen LogP contribution in [0.1, 0.15) is 61.1 Å². The van der Waals surface area contributed by atoms with Crippen molar-refractivity contribution < 1.29 is 8.42 Å². The molecule has 0 spiro atoms. The second-order valence-electron chi connectivity index (χ2n) is 8.56. The molecule has 0 atom stereocenters. The normalized spacial score (nSPS) is 19.1. The number of rotatable bonds is 9. The third kappa shape index (κ3) is 5.90. The summed E-state index contributed by atoms with van der Waals surface area (Å²) in [5.74, 6) is 0.439. The molecule has 3 rings (SSSR count). The lowest BCUT2D eigenvalue weighted by molar-refractivity contribution is 0.267. The van der Waals surface area contributed by atoms with E-state index in [9.17, 15) is 8.42 Å². The summed E-state index contributed by atoms with van der Waals surface area (Å²) in [6.07, 6.45) is 6.01. The fraction of sp³-hybridized carbons (Fsp3) is 0.480. The van der Waals surface area contributed by atoms with Crippen LogP contribution in [0, 0.1) is 11.3 Å². The van der Waals surface area contributed by atoms with Gasteiger partial charge in [-0.05, 0) is 92.4 Å². The standard InChI is InChI=1S/C25H32ClN3O2S/c1-28-18-21-17-19(5-3-4-16-27)6-15-25(21)20-7-11-23(12-8-20)29(2)32(30,31)24-13-9-22(26)10-14-24/h6,9-10,13-15,17,20,23,28H,3-5,7-8,11-12,18H2,1-2H3. The highest BCUT2D eigenvalue weighted by Crippen LogP contribution is 2.37. The van der Waals surface area contributed by atoms with Crippen LogP contribution in [0.15, 0.2) is 47.4 Å². The first-order valence-corrected chi connectivity index (χ1v) is 13.1. The van der Waals surface area contributed by atoms with Crippen molar-refractivity contribution in [2.75, 3.05) is 14.1 Å². The number of benzene rings is 2. The molecule has 2 aromatic carbocycles. The highest BCUT2D eigenvalue weighted by Gasteiger charge is 2.32. The molecular weight excluding hydrogens is 442 g/mol. The van der Waals surface area contributed by atoms with E-state index in [-0.39, 0.29) is 10.9 Å². The van der Waals surface area contributed by atoms with Crippen molar-refractivity contribution in [2.45, 2.75) is 68.3 Å². The van der Waals surface area contributed by atoms with Crippen LogP contribution in [0.25, 0.3) is 0 Å². The van der Waals surface area contributed by atoms with Gasteiger partial charge in [0.25, 0.3) is 0 Å². The van der Waals surface area contributed by atoms with E-state index in [2.05, 4.69) is 29.6 Å². The minimum absolute atomic E-state index is 0.00457. The van der Waals surface area contributed by atoms with Gasteiger partial charge in [0.1, 0.15) is 0 Å². The molecule has 2 aromatic rings. The zero-order valence-electron chi connectivity index (χ0n) is 18.9. The van der Waals surface area contributed by atoms with Crippen molar-refractivity contribution in [1.29, 1.82) is 5.26 Å². The monoisotopic (exact) mass is 473 g/mol. The summed E-state index contributed by atoms with van der Waals surface area (Å²) >= 11 is 5.92. The smallest absolute Gasteiger partial charge is 0.243 e. The van der Waals surface area contributed by atoms with E-state index < -0.39 is 10.0 Å². The highest BCUT2D eigenvalue weighted by atomic mass is 35.5. The molecule has 1 aliphatic carbocycles. The largest absolute Gasteiger partial charge is 0.316 e. The van der Waals surface area contributed by atoms with Crippen molar-refractivity contribution >= 4 is 21.6 Å². The summed E-state index contributed by atoms with van der Waals surface area (Å²) in [4.78, 5) is 0.287. The Labute approximate surface area is 197 Å². The Kier molecular flexibility index (Phi) is 8.72. The number of aryl methyl sites for hydroxylation is 1. The van der Waals surface area contributed by atoms with Crippen LogP contribution < -0.4 is 5.32 Å². The SMILES string of the molecule is CNCc1cc(CCCC#N)ccc1C1CCC(N(C)S(=O)(=O)c2ccc(Cl)cc2)CC1. The maximum atomic E-state index is 13.0. The molecule has 0 aliphatic heterocycles. The molecule has 7 heteroatoms. The van der Waals surface area contributed by atoms with E-state index in [1.165, 1.54) is 16.7 Å². The maximum absolute atomic E-state index is 13.0. The van der Waals surface area contributed by atoms with Crippen molar-refractivity contribution in [1.82, 2.24) is 9.62 Å². The van der Waals surface area contributed by atoms with E-state index in [1.807, 2.05) is 7.05 Å². The lowest BCUT2D eigenvalue weighted by Gasteiger charge is -2.35. The number of nitrogens with zero attached hydrogens (tertiary/aromatic N) is 2. The summed E-state index contributed by atoms with van der Waals surface area (Å²) in [5.41, 5.74) is 3.95. The van der Waals surface area contributed by atoms with Crippen molar-refractivity contribution in [3.05, 3.63) is 64.2 Å². The summed E-state index contributed by atoms with van der Waals surface area (Å²) in [6.45, 7) is 0.812. The van der Waals surface area contributed by atoms with Gasteiger partial charge in [-0.2, -0.15) is 9.57 Å². The predicted octanol–water partition coefficient (Wildman–Crippen LogP) is 5.25. The first kappa shape index (κ1) is 24.7. The van der Waals surface area contributed by atoms with E-state index in [1.54, 1.807) is 35.6 Å². The number of sulfonamides is 1. The number of nitrogens with one attached hydrogen (secondary N) is 1. The summed E-state index contributed by atoms with van der Waals surface area (Å²) in [6, 6.07) is 15.3. The van der Waals surface area contributed by atoms with E-state index in [4.69, 9.17) is 16.9 Å². The molecule has 5 nitrogen and oxygen atoms in total. The molecule has 0 heterocycles. The van der Waals surface area contributed by atoms with Crippen LogP contribution in [0.3, 0.4) is 0 Å². The van der Waals surface area contributed by atoms with Gasteiger partial charge in [0.2, 0.25) is 10.0 Å². The molecule has 1 N–H and O–H groups in total. The van der Waals surface area contributed by atoms with Crippen molar-refractivity contribution in [3.8, 4) is 6.07 Å². The van der Waals surface area contributed by atoms with Gasteiger partial charge in [-0.15, -0.1) is 0 Å². The number of unbranched alkanes of at least 4 members (excludes halogenated alkanes) is 1. The molecule has 1 aliphatic rings. The topological polar surface area (TPSA) is 73.2 Å². The third-order valence-corrected chi connectivity index (χ3v) is 8.65. The van der Waals surface area contributed by atoms with Crippen LogP contribution in [0.2, 0.25) is 5.02 Å². The Hall–Kier alpha value is -1.91. The molecule has 172 valence electrons. The molecule has 1 fully saturated rings. The minimum atomic E-state index is -3.53. The van der Waals surface area contributed by atoms with Gasteiger partial charge in [-0.25, -0.2) is 8.42 Å². The summed E-state index contributed by atoms with van der Waals surface area (Å²) in [7, 11) is 0.121. The average molecular weight is 474 g/mol. The minimum Gasteiger partial charge on any atom is -0.316 e. The molecular formula is C25H32ClN3O2S. The number of nitriles is 1. The quantitative estimate of drug-likeness (QED) is 0.504. The van der Waals surface area contributed by atoms with Crippen molar-refractivity contribution in [2.24, 2.45) is 0 Å². The highest BCUT2D eigenvalue weighted by molar-refractivity contribution is 7.89. The van der Waals surface area contributed by atoms with Crippen LogP contribution in [0.4, 0.5) is 0 Å². The van der Waals surface area contributed by atoms with Crippen LogP contribution >= 0.6 is 11.6 Å². The Morgan fingerprint density at radius 2 is 1.81 bits per heavy atom. The molecule has 1 saturated carbocycles. The van der Waals surface area contributed by atoms with Crippen LogP contribution in [0.5, 0.6) is 0 Å². The fourth-order valence-corrected chi connectivity index (χ4v) is 6.19. The van der Waals surface area contributed by atoms with Gasteiger partial charge in [0.15, 0.2) is 0 Å². The molecule has 32 heavy (non-hydrogen) atoms. The zero-order valence-corrected chi connectivity index (χ0v) is 20.4. The van der Waals surface area contributed by atoms with E-state index >= 15 is 0 Å². The molecule has 0 radical (unpaired) electrons. The van der Waals surface area contributed by atoms with Gasteiger partial charge in [0.05, 0.1) is 11.0 Å². The third-order valence-electron chi connectivity index (χ3n) is 6.47. The van der Waals surface area contributed by atoms with Gasteiger partial charge in [0, 0.05) is 31.1 Å². The Bertz CT molecular complexity index is 1040. The number of hydrogen-bond acceptors (Lipinski definition) is 4. The molecule has 0 saturated heterocycles. The molecule has 0 aromatic heterocycles. The van der Waals surface area contributed by atoms with Gasteiger partial charge >= 0.3 is 0 Å². The lowest BCUT2D eigenvalue weighted by atomic mass is 9.79. The number of halogens is 1. The molecule has 0 bridgehead atoms. The summed E-state index contributed by atoms with van der Waals surface area (Å²) in [5, 5.41) is 12.6. The van der Waals surface area contributed by atoms with Gasteiger partial charge in [-0.3, -0.25) is 0 Å². The van der Waals surface area contributed by atoms with E-state index in [0.29, 0.717) is 17.4 Å². The summed E-state index contributed by atoms with van der Waals surface area (Å²) < 4.78 is 27.6. The first-order valence-electron chi connectivity index (χ1n) is 11.2. The first-order chi connectivity index (χ1) is 15.4. The van der Waals surface area contributed by atoms with Crippen molar-refractivity contribution in [3.63, 3.8) is 0 Å².